The second-order valence-corrected chi connectivity index (χ2v) is 8.89. The Morgan fingerprint density at radius 2 is 1.61 bits per heavy atom. The molecule has 1 N–H and O–H groups in total. The van der Waals surface area contributed by atoms with Gasteiger partial charge in [-0.3, -0.25) is 9.10 Å². The van der Waals surface area contributed by atoms with E-state index in [9.17, 15) is 18.0 Å². The van der Waals surface area contributed by atoms with Crippen molar-refractivity contribution in [1.82, 2.24) is 5.32 Å². The number of nitrogens with zero attached hydrogens (tertiary/aromatic N) is 1. The molecule has 33 heavy (non-hydrogen) atoms. The Hall–Kier alpha value is -3.91. The van der Waals surface area contributed by atoms with Crippen LogP contribution in [0.4, 0.5) is 5.69 Å². The highest BCUT2D eigenvalue weighted by Crippen LogP contribution is 2.26. The van der Waals surface area contributed by atoms with Crippen molar-refractivity contribution in [3.8, 4) is 0 Å². The zero-order valence-corrected chi connectivity index (χ0v) is 18.7. The van der Waals surface area contributed by atoms with Crippen molar-refractivity contribution in [2.45, 2.75) is 11.4 Å². The predicted molar refractivity (Wildman–Crippen MR) is 126 cm³/mol. The van der Waals surface area contributed by atoms with Gasteiger partial charge in [-0.1, -0.05) is 60.7 Å². The first-order valence-electron chi connectivity index (χ1n) is 10.2. The van der Waals surface area contributed by atoms with Gasteiger partial charge in [0.15, 0.2) is 6.61 Å². The van der Waals surface area contributed by atoms with Crippen molar-refractivity contribution in [3.05, 3.63) is 109 Å². The number of carbonyl (C=O) groups is 2. The van der Waals surface area contributed by atoms with Crippen molar-refractivity contribution in [1.29, 1.82) is 0 Å². The number of anilines is 1. The Bertz CT molecular complexity index is 1210. The smallest absolute Gasteiger partial charge is 0.338 e. The summed E-state index contributed by atoms with van der Waals surface area (Å²) in [6.07, 6.45) is 1.50. The molecule has 1 amide bonds. The van der Waals surface area contributed by atoms with Crippen LogP contribution in [0.1, 0.15) is 15.9 Å². The van der Waals surface area contributed by atoms with Gasteiger partial charge in [0.25, 0.3) is 15.9 Å². The largest absolute Gasteiger partial charge is 0.452 e. The molecule has 8 heteroatoms. The minimum absolute atomic E-state index is 0.0281. The molecule has 0 heterocycles. The summed E-state index contributed by atoms with van der Waals surface area (Å²) >= 11 is 0. The van der Waals surface area contributed by atoms with Crippen LogP contribution >= 0.6 is 0 Å². The summed E-state index contributed by atoms with van der Waals surface area (Å²) in [5, 5.41) is 2.49. The first kappa shape index (κ1) is 23.7. The van der Waals surface area contributed by atoms with E-state index in [1.165, 1.54) is 34.6 Å². The maximum absolute atomic E-state index is 13.6. The van der Waals surface area contributed by atoms with E-state index in [2.05, 4.69) is 11.9 Å². The van der Waals surface area contributed by atoms with Crippen molar-refractivity contribution < 1.29 is 22.7 Å². The average molecular weight is 465 g/mol. The number of carbonyl (C=O) groups excluding carboxylic acids is 2. The molecule has 0 bridgehead atoms. The van der Waals surface area contributed by atoms with E-state index in [1.807, 2.05) is 30.3 Å². The molecule has 0 spiro atoms. The van der Waals surface area contributed by atoms with Gasteiger partial charge in [0, 0.05) is 6.54 Å². The summed E-state index contributed by atoms with van der Waals surface area (Å²) < 4.78 is 33.5. The van der Waals surface area contributed by atoms with Crippen LogP contribution in [0, 0.1) is 0 Å². The third-order valence-corrected chi connectivity index (χ3v) is 6.42. The van der Waals surface area contributed by atoms with E-state index in [4.69, 9.17) is 4.74 Å². The van der Waals surface area contributed by atoms with Crippen LogP contribution in [-0.4, -0.2) is 33.4 Å². The topological polar surface area (TPSA) is 92.8 Å². The number of hydrogen-bond acceptors (Lipinski definition) is 5. The van der Waals surface area contributed by atoms with Crippen LogP contribution in [0.2, 0.25) is 0 Å². The molecule has 0 saturated carbocycles. The van der Waals surface area contributed by atoms with Crippen LogP contribution in [0.15, 0.2) is 102 Å². The molecule has 0 fully saturated rings. The Balaban J connectivity index is 1.87. The Kier molecular flexibility index (Phi) is 7.99. The monoisotopic (exact) mass is 464 g/mol. The van der Waals surface area contributed by atoms with Crippen LogP contribution in [0.3, 0.4) is 0 Å². The van der Waals surface area contributed by atoms with Gasteiger partial charge >= 0.3 is 5.97 Å². The second-order valence-electron chi connectivity index (χ2n) is 7.03. The second kappa shape index (κ2) is 11.1. The number of ether oxygens (including phenoxy) is 1. The quantitative estimate of drug-likeness (QED) is 0.366. The number of hydrogen-bond donors (Lipinski definition) is 1. The molecule has 3 rings (SSSR count). The molecule has 0 aliphatic heterocycles. The molecular formula is C25H24N2O5S. The minimum Gasteiger partial charge on any atom is -0.452 e. The number of sulfonamides is 1. The highest BCUT2D eigenvalue weighted by Gasteiger charge is 2.26. The van der Waals surface area contributed by atoms with Crippen LogP contribution in [0.25, 0.3) is 0 Å². The van der Waals surface area contributed by atoms with Crippen molar-refractivity contribution in [2.75, 3.05) is 17.5 Å². The van der Waals surface area contributed by atoms with Gasteiger partial charge in [-0.05, 0) is 35.9 Å². The fourth-order valence-corrected chi connectivity index (χ4v) is 4.52. The lowest BCUT2D eigenvalue weighted by molar-refractivity contribution is -0.124. The molecule has 0 aromatic heterocycles. The molecule has 0 radical (unpaired) electrons. The van der Waals surface area contributed by atoms with Gasteiger partial charge in [-0.25, -0.2) is 13.2 Å². The summed E-state index contributed by atoms with van der Waals surface area (Å²) in [6.45, 7) is 3.38. The lowest BCUT2D eigenvalue weighted by Gasteiger charge is -2.25. The van der Waals surface area contributed by atoms with Crippen molar-refractivity contribution in [2.24, 2.45) is 0 Å². The molecule has 0 aliphatic rings. The Morgan fingerprint density at radius 3 is 2.27 bits per heavy atom. The number of rotatable bonds is 10. The van der Waals surface area contributed by atoms with E-state index >= 15 is 0 Å². The van der Waals surface area contributed by atoms with Gasteiger partial charge in [-0.2, -0.15) is 0 Å². The molecule has 3 aromatic carbocycles. The maximum atomic E-state index is 13.6. The van der Waals surface area contributed by atoms with Gasteiger partial charge in [0.2, 0.25) is 0 Å². The SMILES string of the molecule is C=CCNC(=O)COC(=O)c1cccc(S(=O)(=O)N(Cc2ccccc2)c2ccccc2)c1. The molecular weight excluding hydrogens is 440 g/mol. The Labute approximate surface area is 193 Å². The summed E-state index contributed by atoms with van der Waals surface area (Å²) in [5.41, 5.74) is 1.33. The van der Waals surface area contributed by atoms with Crippen LogP contribution < -0.4 is 9.62 Å². The zero-order chi connectivity index (χ0) is 23.7. The van der Waals surface area contributed by atoms with Gasteiger partial charge in [-0.15, -0.1) is 6.58 Å². The summed E-state index contributed by atoms with van der Waals surface area (Å²) in [5.74, 6) is -1.28. The van der Waals surface area contributed by atoms with Crippen LogP contribution in [-0.2, 0) is 26.1 Å². The average Bonchev–Trinajstić information content (AvgIpc) is 2.85. The molecule has 0 atom stereocenters. The number of amides is 1. The van der Waals surface area contributed by atoms with Gasteiger partial charge in [0.05, 0.1) is 22.7 Å². The lowest BCUT2D eigenvalue weighted by Crippen LogP contribution is -2.31. The highest BCUT2D eigenvalue weighted by molar-refractivity contribution is 7.92. The zero-order valence-electron chi connectivity index (χ0n) is 17.9. The molecule has 0 unspecified atom stereocenters. The molecule has 7 nitrogen and oxygen atoms in total. The Morgan fingerprint density at radius 1 is 0.939 bits per heavy atom. The van der Waals surface area contributed by atoms with Crippen molar-refractivity contribution in [3.63, 3.8) is 0 Å². The normalized spacial score (nSPS) is 10.8. The minimum atomic E-state index is -4.02. The van der Waals surface area contributed by atoms with E-state index in [0.29, 0.717) is 5.69 Å². The van der Waals surface area contributed by atoms with Crippen LogP contribution in [0.5, 0.6) is 0 Å². The fourth-order valence-electron chi connectivity index (χ4n) is 3.02. The molecule has 0 aliphatic carbocycles. The third kappa shape index (κ3) is 6.30. The number of benzene rings is 3. The molecule has 0 saturated heterocycles. The van der Waals surface area contributed by atoms with E-state index < -0.39 is 28.5 Å². The van der Waals surface area contributed by atoms with Gasteiger partial charge in [0.1, 0.15) is 0 Å². The van der Waals surface area contributed by atoms with E-state index in [0.717, 1.165) is 5.56 Å². The summed E-state index contributed by atoms with van der Waals surface area (Å²) in [4.78, 5) is 24.0. The first-order chi connectivity index (χ1) is 15.9. The first-order valence-corrected chi connectivity index (χ1v) is 11.6. The standard InChI is InChI=1S/C25H24N2O5S/c1-2-16-26-24(28)19-32-25(29)21-12-9-15-23(17-21)33(30,31)27(22-13-7-4-8-14-22)18-20-10-5-3-6-11-20/h2-15,17H,1,16,18-19H2,(H,26,28). The van der Waals surface area contributed by atoms with Crippen molar-refractivity contribution >= 4 is 27.6 Å². The highest BCUT2D eigenvalue weighted by atomic mass is 32.2. The predicted octanol–water partition coefficient (Wildman–Crippen LogP) is 3.54. The number of nitrogens with one attached hydrogen (secondary N) is 1. The summed E-state index contributed by atoms with van der Waals surface area (Å²) in [6, 6.07) is 23.5. The van der Waals surface area contributed by atoms with E-state index in [1.54, 1.807) is 30.3 Å². The van der Waals surface area contributed by atoms with Gasteiger partial charge < -0.3 is 10.1 Å². The lowest BCUT2D eigenvalue weighted by atomic mass is 10.2. The molecule has 3 aromatic rings. The third-order valence-electron chi connectivity index (χ3n) is 4.65. The number of para-hydroxylation sites is 1. The van der Waals surface area contributed by atoms with E-state index in [-0.39, 0.29) is 23.5 Å². The molecule has 170 valence electrons. The maximum Gasteiger partial charge on any atom is 0.338 e. The number of esters is 1. The fraction of sp³-hybridized carbons (Fsp3) is 0.120. The summed E-state index contributed by atoms with van der Waals surface area (Å²) in [7, 11) is -4.02.